The van der Waals surface area contributed by atoms with Gasteiger partial charge in [0.25, 0.3) is 0 Å². The van der Waals surface area contributed by atoms with Gasteiger partial charge in [-0.1, -0.05) is 12.1 Å². The fourth-order valence-corrected chi connectivity index (χ4v) is 2.39. The minimum Gasteiger partial charge on any atom is -0.497 e. The highest BCUT2D eigenvalue weighted by Gasteiger charge is 2.16. The lowest BCUT2D eigenvalue weighted by Crippen LogP contribution is -2.19. The van der Waals surface area contributed by atoms with Crippen molar-refractivity contribution in [2.45, 2.75) is 44.3 Å². The van der Waals surface area contributed by atoms with Crippen LogP contribution in [-0.2, 0) is 4.74 Å². The summed E-state index contributed by atoms with van der Waals surface area (Å²) >= 11 is 0. The molecule has 0 radical (unpaired) electrons. The molecule has 2 atom stereocenters. The normalized spacial score (nSPS) is 21.6. The Morgan fingerprint density at radius 2 is 2.33 bits per heavy atom. The average Bonchev–Trinajstić information content (AvgIpc) is 2.46. The van der Waals surface area contributed by atoms with Crippen LogP contribution >= 0.6 is 0 Å². The molecule has 3 nitrogen and oxygen atoms in total. The maximum absolute atomic E-state index is 10.2. The summed E-state index contributed by atoms with van der Waals surface area (Å²) in [5, 5.41) is 10.2. The lowest BCUT2D eigenvalue weighted by molar-refractivity contribution is 0.00212. The van der Waals surface area contributed by atoms with E-state index in [1.54, 1.807) is 7.11 Å². The molecule has 1 aliphatic rings. The van der Waals surface area contributed by atoms with E-state index in [0.717, 1.165) is 37.2 Å². The highest BCUT2D eigenvalue weighted by atomic mass is 16.5. The van der Waals surface area contributed by atoms with E-state index in [-0.39, 0.29) is 0 Å². The number of ether oxygens (including phenoxy) is 2. The molecule has 1 aromatic carbocycles. The Labute approximate surface area is 109 Å². The van der Waals surface area contributed by atoms with Crippen molar-refractivity contribution < 1.29 is 14.6 Å². The fourth-order valence-electron chi connectivity index (χ4n) is 2.39. The van der Waals surface area contributed by atoms with Gasteiger partial charge in [-0.2, -0.15) is 0 Å². The Morgan fingerprint density at radius 1 is 1.44 bits per heavy atom. The minimum absolute atomic E-state index is 0.332. The quantitative estimate of drug-likeness (QED) is 0.872. The zero-order valence-electron chi connectivity index (χ0n) is 11.0. The van der Waals surface area contributed by atoms with Crippen LogP contribution in [0.25, 0.3) is 0 Å². The second kappa shape index (κ2) is 6.76. The molecule has 1 heterocycles. The molecule has 0 aliphatic carbocycles. The van der Waals surface area contributed by atoms with Gasteiger partial charge in [-0.25, -0.2) is 0 Å². The Hall–Kier alpha value is -1.06. The lowest BCUT2D eigenvalue weighted by Gasteiger charge is -2.23. The van der Waals surface area contributed by atoms with E-state index in [0.29, 0.717) is 6.10 Å². The van der Waals surface area contributed by atoms with Gasteiger partial charge in [0.15, 0.2) is 0 Å². The SMILES string of the molecule is COc1cccc(C(O)CCC2CCCCO2)c1. The van der Waals surface area contributed by atoms with Crippen LogP contribution in [0, 0.1) is 0 Å². The smallest absolute Gasteiger partial charge is 0.119 e. The van der Waals surface area contributed by atoms with Crippen LogP contribution in [0.5, 0.6) is 5.75 Å². The second-order valence-electron chi connectivity index (χ2n) is 4.86. The van der Waals surface area contributed by atoms with Gasteiger partial charge in [0, 0.05) is 6.61 Å². The molecule has 1 aromatic rings. The Bertz CT molecular complexity index is 359. The third-order valence-corrected chi connectivity index (χ3v) is 3.51. The summed E-state index contributed by atoms with van der Waals surface area (Å²) in [7, 11) is 1.64. The molecule has 0 amide bonds. The van der Waals surface area contributed by atoms with E-state index in [4.69, 9.17) is 9.47 Å². The van der Waals surface area contributed by atoms with Crippen molar-refractivity contribution >= 4 is 0 Å². The van der Waals surface area contributed by atoms with Gasteiger partial charge in [0.05, 0.1) is 19.3 Å². The molecule has 2 unspecified atom stereocenters. The summed E-state index contributed by atoms with van der Waals surface area (Å²) < 4.78 is 10.8. The van der Waals surface area contributed by atoms with Crippen molar-refractivity contribution in [2.75, 3.05) is 13.7 Å². The monoisotopic (exact) mass is 250 g/mol. The van der Waals surface area contributed by atoms with E-state index < -0.39 is 6.10 Å². The first kappa shape index (κ1) is 13.4. The maximum Gasteiger partial charge on any atom is 0.119 e. The van der Waals surface area contributed by atoms with Crippen LogP contribution in [0.4, 0.5) is 0 Å². The number of hydrogen-bond donors (Lipinski definition) is 1. The van der Waals surface area contributed by atoms with Crippen molar-refractivity contribution in [3.63, 3.8) is 0 Å². The van der Waals surface area contributed by atoms with E-state index in [1.165, 1.54) is 12.8 Å². The standard InChI is InChI=1S/C15H22O3/c1-17-14-7-4-5-12(11-14)15(16)9-8-13-6-2-3-10-18-13/h4-5,7,11,13,15-16H,2-3,6,8-10H2,1H3. The van der Waals surface area contributed by atoms with Crippen LogP contribution in [0.2, 0.25) is 0 Å². The Balaban J connectivity index is 1.84. The van der Waals surface area contributed by atoms with Crippen molar-refractivity contribution in [2.24, 2.45) is 0 Å². The largest absolute Gasteiger partial charge is 0.497 e. The van der Waals surface area contributed by atoms with Crippen LogP contribution < -0.4 is 4.74 Å². The first-order valence-corrected chi connectivity index (χ1v) is 6.73. The van der Waals surface area contributed by atoms with Crippen LogP contribution in [0.3, 0.4) is 0 Å². The van der Waals surface area contributed by atoms with Crippen molar-refractivity contribution in [1.82, 2.24) is 0 Å². The molecule has 0 spiro atoms. The predicted octanol–water partition coefficient (Wildman–Crippen LogP) is 3.08. The maximum atomic E-state index is 10.2. The number of aliphatic hydroxyl groups excluding tert-OH is 1. The molecule has 3 heteroatoms. The van der Waals surface area contributed by atoms with E-state index in [1.807, 2.05) is 24.3 Å². The predicted molar refractivity (Wildman–Crippen MR) is 70.8 cm³/mol. The average molecular weight is 250 g/mol. The molecule has 1 N–H and O–H groups in total. The minimum atomic E-state index is -0.425. The lowest BCUT2D eigenvalue weighted by atomic mass is 9.99. The highest BCUT2D eigenvalue weighted by molar-refractivity contribution is 5.29. The van der Waals surface area contributed by atoms with Gasteiger partial charge in [-0.3, -0.25) is 0 Å². The number of aliphatic hydroxyl groups is 1. The van der Waals surface area contributed by atoms with E-state index >= 15 is 0 Å². The van der Waals surface area contributed by atoms with Gasteiger partial charge < -0.3 is 14.6 Å². The summed E-state index contributed by atoms with van der Waals surface area (Å²) in [6.45, 7) is 0.875. The Morgan fingerprint density at radius 3 is 3.06 bits per heavy atom. The summed E-state index contributed by atoms with van der Waals surface area (Å²) in [6, 6.07) is 7.64. The molecule has 1 fully saturated rings. The van der Waals surface area contributed by atoms with Crippen molar-refractivity contribution in [3.05, 3.63) is 29.8 Å². The molecule has 18 heavy (non-hydrogen) atoms. The van der Waals surface area contributed by atoms with Crippen molar-refractivity contribution in [3.8, 4) is 5.75 Å². The van der Waals surface area contributed by atoms with Gasteiger partial charge in [0.1, 0.15) is 5.75 Å². The van der Waals surface area contributed by atoms with E-state index in [2.05, 4.69) is 0 Å². The third-order valence-electron chi connectivity index (χ3n) is 3.51. The number of rotatable bonds is 5. The zero-order valence-corrected chi connectivity index (χ0v) is 11.0. The summed E-state index contributed by atoms with van der Waals surface area (Å²) in [5.74, 6) is 0.792. The fraction of sp³-hybridized carbons (Fsp3) is 0.600. The van der Waals surface area contributed by atoms with Gasteiger partial charge in [0.2, 0.25) is 0 Å². The molecular formula is C15H22O3. The molecule has 2 rings (SSSR count). The number of methoxy groups -OCH3 is 1. The first-order valence-electron chi connectivity index (χ1n) is 6.73. The molecule has 1 saturated heterocycles. The topological polar surface area (TPSA) is 38.7 Å². The molecule has 0 saturated carbocycles. The third kappa shape index (κ3) is 3.72. The highest BCUT2D eigenvalue weighted by Crippen LogP contribution is 2.25. The first-order chi connectivity index (χ1) is 8.79. The van der Waals surface area contributed by atoms with Gasteiger partial charge >= 0.3 is 0 Å². The summed E-state index contributed by atoms with van der Waals surface area (Å²) in [6.07, 6.45) is 5.14. The van der Waals surface area contributed by atoms with Gasteiger partial charge in [-0.15, -0.1) is 0 Å². The molecule has 0 bridgehead atoms. The molecule has 1 aliphatic heterocycles. The van der Waals surface area contributed by atoms with Crippen LogP contribution in [0.1, 0.15) is 43.8 Å². The van der Waals surface area contributed by atoms with Crippen molar-refractivity contribution in [1.29, 1.82) is 0 Å². The van der Waals surface area contributed by atoms with E-state index in [9.17, 15) is 5.11 Å². The Kier molecular flexibility index (Phi) is 5.02. The molecule has 100 valence electrons. The number of hydrogen-bond acceptors (Lipinski definition) is 3. The summed E-state index contributed by atoms with van der Waals surface area (Å²) in [4.78, 5) is 0. The molecular weight excluding hydrogens is 228 g/mol. The van der Waals surface area contributed by atoms with Gasteiger partial charge in [-0.05, 0) is 49.8 Å². The summed E-state index contributed by atoms with van der Waals surface area (Å²) in [5.41, 5.74) is 0.921. The van der Waals surface area contributed by atoms with Crippen LogP contribution in [0.15, 0.2) is 24.3 Å². The van der Waals surface area contributed by atoms with Crippen LogP contribution in [-0.4, -0.2) is 24.9 Å². The molecule has 0 aromatic heterocycles. The second-order valence-corrected chi connectivity index (χ2v) is 4.86. The zero-order chi connectivity index (χ0) is 12.8. The number of benzene rings is 1.